The van der Waals surface area contributed by atoms with Crippen molar-refractivity contribution in [1.29, 1.82) is 0 Å². The SMILES string of the molecule is CC[C@@H](C)n1c(SCC(=O)Nc2ccccc2C(=O)O[C@@H]2C[C@@H](C)CC[C@@H]2C(C)C)nnc1-c1cccc(S(=O)(=O)N2CCOCC2)c1. The van der Waals surface area contributed by atoms with Gasteiger partial charge in [0.15, 0.2) is 11.0 Å². The summed E-state index contributed by atoms with van der Waals surface area (Å²) in [4.78, 5) is 26.8. The molecule has 1 aromatic heterocycles. The average molecular weight is 698 g/mol. The van der Waals surface area contributed by atoms with Gasteiger partial charge in [-0.05, 0) is 68.2 Å². The van der Waals surface area contributed by atoms with E-state index in [0.717, 1.165) is 25.7 Å². The van der Waals surface area contributed by atoms with Crippen molar-refractivity contribution in [3.63, 3.8) is 0 Å². The number of esters is 1. The van der Waals surface area contributed by atoms with Crippen molar-refractivity contribution >= 4 is 39.3 Å². The van der Waals surface area contributed by atoms with Gasteiger partial charge in [-0.3, -0.25) is 9.36 Å². The topological polar surface area (TPSA) is 133 Å². The molecule has 0 bridgehead atoms. The number of nitrogens with zero attached hydrogens (tertiary/aromatic N) is 4. The second-order valence-corrected chi connectivity index (χ2v) is 16.0. The number of benzene rings is 2. The minimum Gasteiger partial charge on any atom is -0.458 e. The van der Waals surface area contributed by atoms with Crippen LogP contribution in [0.15, 0.2) is 58.6 Å². The minimum atomic E-state index is -3.70. The normalized spacial score (nSPS) is 21.2. The molecule has 0 radical (unpaired) electrons. The predicted octanol–water partition coefficient (Wildman–Crippen LogP) is 6.29. The summed E-state index contributed by atoms with van der Waals surface area (Å²) in [6.45, 7) is 12.0. The van der Waals surface area contributed by atoms with Crippen molar-refractivity contribution in [3.8, 4) is 11.4 Å². The third kappa shape index (κ3) is 8.30. The van der Waals surface area contributed by atoms with Crippen molar-refractivity contribution in [3.05, 3.63) is 54.1 Å². The van der Waals surface area contributed by atoms with Crippen molar-refractivity contribution in [2.45, 2.75) is 82.5 Å². The van der Waals surface area contributed by atoms with E-state index in [9.17, 15) is 18.0 Å². The lowest BCUT2D eigenvalue weighted by molar-refractivity contribution is -0.113. The van der Waals surface area contributed by atoms with Gasteiger partial charge in [0.2, 0.25) is 15.9 Å². The fourth-order valence-electron chi connectivity index (χ4n) is 6.42. The monoisotopic (exact) mass is 697 g/mol. The summed E-state index contributed by atoms with van der Waals surface area (Å²) in [6.07, 6.45) is 3.63. The number of hydrogen-bond donors (Lipinski definition) is 1. The molecule has 2 heterocycles. The number of anilines is 1. The number of carbonyl (C=O) groups excluding carboxylic acids is 2. The van der Waals surface area contributed by atoms with Crippen molar-refractivity contribution in [2.75, 3.05) is 37.4 Å². The zero-order chi connectivity index (χ0) is 34.4. The van der Waals surface area contributed by atoms with E-state index >= 15 is 0 Å². The van der Waals surface area contributed by atoms with Gasteiger partial charge in [-0.2, -0.15) is 4.31 Å². The number of aromatic nitrogens is 3. The molecule has 1 amide bonds. The molecule has 3 aromatic rings. The summed E-state index contributed by atoms with van der Waals surface area (Å²) in [7, 11) is -3.70. The first-order valence-electron chi connectivity index (χ1n) is 16.9. The van der Waals surface area contributed by atoms with Gasteiger partial charge in [-0.25, -0.2) is 13.2 Å². The Kier molecular flexibility index (Phi) is 12.0. The van der Waals surface area contributed by atoms with E-state index in [1.165, 1.54) is 16.1 Å². The Bertz CT molecular complexity index is 1690. The molecule has 5 rings (SSSR count). The number of rotatable bonds is 12. The molecule has 0 unspecified atom stereocenters. The molecule has 48 heavy (non-hydrogen) atoms. The number of carbonyl (C=O) groups is 2. The standard InChI is InChI=1S/C35H47N5O6S2/c1-6-25(5)40-33(26-10-9-11-27(21-26)48(43,44)39-16-18-45-19-17-39)37-38-35(40)47-22-32(41)36-30-13-8-7-12-29(30)34(42)46-31-20-24(4)14-15-28(31)23(2)3/h7-13,21,23-25,28,31H,6,14-20,22H2,1-5H3,(H,36,41)/t24-,25+,28+,31+/m0/s1. The molecule has 11 nitrogen and oxygen atoms in total. The zero-order valence-corrected chi connectivity index (χ0v) is 30.1. The Morgan fingerprint density at radius 2 is 1.81 bits per heavy atom. The first-order valence-corrected chi connectivity index (χ1v) is 19.3. The second kappa shape index (κ2) is 16.0. The van der Waals surface area contributed by atoms with Crippen LogP contribution in [-0.4, -0.2) is 77.5 Å². The number of sulfonamides is 1. The van der Waals surface area contributed by atoms with Gasteiger partial charge >= 0.3 is 5.97 Å². The Labute approximate surface area is 288 Å². The minimum absolute atomic E-state index is 0.0206. The van der Waals surface area contributed by atoms with Gasteiger partial charge in [0.25, 0.3) is 0 Å². The summed E-state index contributed by atoms with van der Waals surface area (Å²) in [5.74, 6) is 1.04. The lowest BCUT2D eigenvalue weighted by Gasteiger charge is -2.36. The lowest BCUT2D eigenvalue weighted by Crippen LogP contribution is -2.40. The number of ether oxygens (including phenoxy) is 2. The van der Waals surface area contributed by atoms with Crippen molar-refractivity contribution in [1.82, 2.24) is 19.1 Å². The van der Waals surface area contributed by atoms with Crippen molar-refractivity contribution in [2.24, 2.45) is 17.8 Å². The second-order valence-electron chi connectivity index (χ2n) is 13.1. The van der Waals surface area contributed by atoms with Crippen LogP contribution in [0.25, 0.3) is 11.4 Å². The van der Waals surface area contributed by atoms with Crippen LogP contribution in [0.1, 0.15) is 76.7 Å². The number of hydrogen-bond acceptors (Lipinski definition) is 9. The molecular formula is C35H47N5O6S2. The van der Waals surface area contributed by atoms with Crippen molar-refractivity contribution < 1.29 is 27.5 Å². The van der Waals surface area contributed by atoms with Crippen LogP contribution in [0.2, 0.25) is 0 Å². The predicted molar refractivity (Wildman–Crippen MR) is 186 cm³/mol. The Morgan fingerprint density at radius 3 is 2.54 bits per heavy atom. The molecule has 1 aliphatic carbocycles. The van der Waals surface area contributed by atoms with Crippen LogP contribution >= 0.6 is 11.8 Å². The van der Waals surface area contributed by atoms with Gasteiger partial charge in [-0.1, -0.05) is 70.1 Å². The summed E-state index contributed by atoms with van der Waals surface area (Å²) >= 11 is 1.23. The number of para-hydroxylation sites is 1. The smallest absolute Gasteiger partial charge is 0.340 e. The number of morpholine rings is 1. The van der Waals surface area contributed by atoms with Crippen LogP contribution in [0.4, 0.5) is 5.69 Å². The van der Waals surface area contributed by atoms with E-state index in [4.69, 9.17) is 9.47 Å². The first-order chi connectivity index (χ1) is 23.0. The maximum Gasteiger partial charge on any atom is 0.340 e. The highest BCUT2D eigenvalue weighted by molar-refractivity contribution is 7.99. The van der Waals surface area contributed by atoms with Crippen LogP contribution in [0.5, 0.6) is 0 Å². The highest BCUT2D eigenvalue weighted by Gasteiger charge is 2.34. The maximum atomic E-state index is 13.4. The fraction of sp³-hybridized carbons (Fsp3) is 0.543. The molecule has 2 aromatic carbocycles. The highest BCUT2D eigenvalue weighted by atomic mass is 32.2. The molecule has 2 aliphatic rings. The third-order valence-electron chi connectivity index (χ3n) is 9.37. The Balaban J connectivity index is 1.29. The Morgan fingerprint density at radius 1 is 1.06 bits per heavy atom. The van der Waals surface area contributed by atoms with E-state index in [0.29, 0.717) is 71.9 Å². The van der Waals surface area contributed by atoms with Gasteiger partial charge in [-0.15, -0.1) is 10.2 Å². The Hall–Kier alpha value is -3.26. The van der Waals surface area contributed by atoms with E-state index < -0.39 is 16.0 Å². The largest absolute Gasteiger partial charge is 0.458 e. The van der Waals surface area contributed by atoms with Crippen LogP contribution < -0.4 is 5.32 Å². The van der Waals surface area contributed by atoms with Gasteiger partial charge < -0.3 is 14.8 Å². The van der Waals surface area contributed by atoms with Crippen LogP contribution in [0, 0.1) is 17.8 Å². The molecule has 1 saturated carbocycles. The fourth-order valence-corrected chi connectivity index (χ4v) is 8.71. The molecule has 1 saturated heterocycles. The average Bonchev–Trinajstić information content (AvgIpc) is 3.51. The van der Waals surface area contributed by atoms with Gasteiger partial charge in [0, 0.05) is 24.7 Å². The molecule has 13 heteroatoms. The summed E-state index contributed by atoms with van der Waals surface area (Å²) in [5.41, 5.74) is 1.35. The highest BCUT2D eigenvalue weighted by Crippen LogP contribution is 2.36. The molecule has 0 spiro atoms. The molecule has 4 atom stereocenters. The van der Waals surface area contributed by atoms with Crippen LogP contribution in [0.3, 0.4) is 0 Å². The molecule has 1 N–H and O–H groups in total. The molecule has 1 aliphatic heterocycles. The number of thioether (sulfide) groups is 1. The summed E-state index contributed by atoms with van der Waals surface area (Å²) < 4.78 is 41.5. The maximum absolute atomic E-state index is 13.4. The van der Waals surface area contributed by atoms with E-state index in [1.807, 2.05) is 24.5 Å². The first kappa shape index (κ1) is 36.0. The van der Waals surface area contributed by atoms with Gasteiger partial charge in [0.05, 0.1) is 35.1 Å². The van der Waals surface area contributed by atoms with Gasteiger partial charge in [0.1, 0.15) is 6.10 Å². The number of nitrogens with one attached hydrogen (secondary N) is 1. The zero-order valence-electron chi connectivity index (χ0n) is 28.4. The third-order valence-corrected chi connectivity index (χ3v) is 12.2. The van der Waals surface area contributed by atoms with E-state index in [1.54, 1.807) is 42.5 Å². The molecular weight excluding hydrogens is 651 g/mol. The molecule has 2 fully saturated rings. The van der Waals surface area contributed by atoms with E-state index in [2.05, 4.69) is 36.3 Å². The summed E-state index contributed by atoms with van der Waals surface area (Å²) in [5, 5.41) is 12.3. The lowest BCUT2D eigenvalue weighted by atomic mass is 9.75. The number of amides is 1. The molecule has 260 valence electrons. The quantitative estimate of drug-likeness (QED) is 0.171. The van der Waals surface area contributed by atoms with Crippen LogP contribution in [-0.2, 0) is 24.3 Å². The van der Waals surface area contributed by atoms with E-state index in [-0.39, 0.29) is 28.7 Å². The summed E-state index contributed by atoms with van der Waals surface area (Å²) in [6, 6.07) is 13.6.